The number of nitrogens with one attached hydrogen (secondary N) is 1. The second kappa shape index (κ2) is 4.96. The van der Waals surface area contributed by atoms with Crippen molar-refractivity contribution >= 4 is 10.2 Å². The first-order chi connectivity index (χ1) is 4.16. The first-order valence-electron chi connectivity index (χ1n) is 3.58. The van der Waals surface area contributed by atoms with Crippen LogP contribution in [0.1, 0.15) is 27.2 Å². The SMILES string of the molecule is CCC([SiH3])NOC(C)C. The summed E-state index contributed by atoms with van der Waals surface area (Å²) in [5.74, 6) is 0. The zero-order chi connectivity index (χ0) is 7.28. The fraction of sp³-hybridized carbons (Fsp3) is 1.00. The van der Waals surface area contributed by atoms with Crippen molar-refractivity contribution in [3.05, 3.63) is 0 Å². The average molecular weight is 147 g/mol. The van der Waals surface area contributed by atoms with Crippen molar-refractivity contribution in [2.45, 2.75) is 39.0 Å². The van der Waals surface area contributed by atoms with Crippen LogP contribution < -0.4 is 5.48 Å². The van der Waals surface area contributed by atoms with Crippen molar-refractivity contribution in [1.82, 2.24) is 5.48 Å². The highest BCUT2D eigenvalue weighted by molar-refractivity contribution is 6.11. The Morgan fingerprint density at radius 1 is 1.56 bits per heavy atom. The number of rotatable bonds is 4. The van der Waals surface area contributed by atoms with E-state index in [0.717, 1.165) is 10.2 Å². The number of hydroxylamine groups is 1. The van der Waals surface area contributed by atoms with E-state index in [1.54, 1.807) is 0 Å². The maximum Gasteiger partial charge on any atom is 0.0734 e. The van der Waals surface area contributed by atoms with E-state index >= 15 is 0 Å². The summed E-state index contributed by atoms with van der Waals surface area (Å²) in [4.78, 5) is 5.18. The Balaban J connectivity index is 3.06. The predicted molar refractivity (Wildman–Crippen MR) is 43.4 cm³/mol. The molecule has 0 fully saturated rings. The smallest absolute Gasteiger partial charge is 0.0734 e. The molecule has 0 aliphatic rings. The Bertz CT molecular complexity index is 68.1. The number of hydrogen-bond acceptors (Lipinski definition) is 2. The lowest BCUT2D eigenvalue weighted by Gasteiger charge is -2.13. The molecule has 0 saturated heterocycles. The van der Waals surface area contributed by atoms with Crippen LogP contribution in [0, 0.1) is 0 Å². The van der Waals surface area contributed by atoms with E-state index in [9.17, 15) is 0 Å². The van der Waals surface area contributed by atoms with Gasteiger partial charge in [-0.25, -0.2) is 5.48 Å². The predicted octanol–water partition coefficient (Wildman–Crippen LogP) is 0.0175. The second-order valence-corrected chi connectivity index (χ2v) is 3.99. The first kappa shape index (κ1) is 9.14. The molecular weight excluding hydrogens is 130 g/mol. The Kier molecular flexibility index (Phi) is 5.04. The van der Waals surface area contributed by atoms with Gasteiger partial charge in [0.25, 0.3) is 0 Å². The van der Waals surface area contributed by atoms with Crippen molar-refractivity contribution in [2.75, 3.05) is 0 Å². The summed E-state index contributed by atoms with van der Waals surface area (Å²) in [6.07, 6.45) is 1.46. The van der Waals surface area contributed by atoms with Crippen molar-refractivity contribution in [2.24, 2.45) is 0 Å². The highest BCUT2D eigenvalue weighted by atomic mass is 28.1. The normalized spacial score (nSPS) is 14.7. The average Bonchev–Trinajstić information content (AvgIpc) is 1.83. The lowest BCUT2D eigenvalue weighted by Crippen LogP contribution is -2.31. The van der Waals surface area contributed by atoms with E-state index in [0.29, 0.717) is 11.8 Å². The summed E-state index contributed by atoms with van der Waals surface area (Å²) in [5, 5.41) is 0. The Labute approximate surface area is 60.4 Å². The minimum absolute atomic E-state index is 0.299. The Hall–Kier alpha value is 0.137. The summed E-state index contributed by atoms with van der Waals surface area (Å²) in [5.41, 5.74) is 3.60. The van der Waals surface area contributed by atoms with Gasteiger partial charge in [-0.1, -0.05) is 6.92 Å². The van der Waals surface area contributed by atoms with Gasteiger partial charge in [0, 0.05) is 15.9 Å². The molecule has 0 spiro atoms. The van der Waals surface area contributed by atoms with Crippen LogP contribution in [0.5, 0.6) is 0 Å². The molecule has 1 atom stereocenters. The molecule has 1 N–H and O–H groups in total. The lowest BCUT2D eigenvalue weighted by atomic mass is 10.5. The van der Waals surface area contributed by atoms with Gasteiger partial charge in [0.2, 0.25) is 0 Å². The van der Waals surface area contributed by atoms with Crippen LogP contribution >= 0.6 is 0 Å². The highest BCUT2D eigenvalue weighted by Gasteiger charge is 1.97. The summed E-state index contributed by atoms with van der Waals surface area (Å²) < 4.78 is 0. The Morgan fingerprint density at radius 3 is 2.44 bits per heavy atom. The molecule has 0 aliphatic heterocycles. The molecule has 2 nitrogen and oxygen atoms in total. The van der Waals surface area contributed by atoms with Gasteiger partial charge < -0.3 is 0 Å². The molecule has 56 valence electrons. The summed E-state index contributed by atoms with van der Waals surface area (Å²) in [6.45, 7) is 6.21. The van der Waals surface area contributed by atoms with Crippen LogP contribution in [-0.4, -0.2) is 22.0 Å². The standard InChI is InChI=1S/C6H17NOSi/c1-4-6(9)7-8-5(2)3/h5-7H,4H2,1-3,9H3. The third-order valence-electron chi connectivity index (χ3n) is 1.12. The molecule has 0 rings (SSSR count). The van der Waals surface area contributed by atoms with Crippen LogP contribution in [0.3, 0.4) is 0 Å². The van der Waals surface area contributed by atoms with Crippen LogP contribution in [0.25, 0.3) is 0 Å². The molecule has 0 bridgehead atoms. The molecule has 0 aliphatic carbocycles. The van der Waals surface area contributed by atoms with Gasteiger partial charge in [0.05, 0.1) is 6.10 Å². The molecule has 0 heterocycles. The van der Waals surface area contributed by atoms with Gasteiger partial charge in [-0.2, -0.15) is 0 Å². The lowest BCUT2D eigenvalue weighted by molar-refractivity contribution is -0.0122. The van der Waals surface area contributed by atoms with E-state index < -0.39 is 0 Å². The molecule has 0 aromatic heterocycles. The molecule has 0 amide bonds. The summed E-state index contributed by atoms with van der Waals surface area (Å²) in [6, 6.07) is 0. The van der Waals surface area contributed by atoms with E-state index in [1.165, 1.54) is 6.42 Å². The fourth-order valence-electron chi connectivity index (χ4n) is 0.336. The molecule has 1 unspecified atom stereocenters. The number of hydrogen-bond donors (Lipinski definition) is 1. The molecular formula is C6H17NOSi. The zero-order valence-corrected chi connectivity index (χ0v) is 8.77. The van der Waals surface area contributed by atoms with Gasteiger partial charge >= 0.3 is 0 Å². The second-order valence-electron chi connectivity index (χ2n) is 2.59. The van der Waals surface area contributed by atoms with Gasteiger partial charge in [-0.15, -0.1) is 0 Å². The van der Waals surface area contributed by atoms with Gasteiger partial charge in [-0.05, 0) is 20.3 Å². The topological polar surface area (TPSA) is 21.3 Å². The molecule has 3 heteroatoms. The maximum absolute atomic E-state index is 5.18. The molecule has 9 heavy (non-hydrogen) atoms. The molecule has 0 radical (unpaired) electrons. The molecule has 0 aromatic rings. The van der Waals surface area contributed by atoms with Crippen molar-refractivity contribution < 1.29 is 4.84 Å². The highest BCUT2D eigenvalue weighted by Crippen LogP contribution is 1.87. The van der Waals surface area contributed by atoms with Crippen LogP contribution in [0.4, 0.5) is 0 Å². The van der Waals surface area contributed by atoms with Crippen molar-refractivity contribution in [3.8, 4) is 0 Å². The largest absolute Gasteiger partial charge is 0.299 e. The van der Waals surface area contributed by atoms with E-state index in [2.05, 4.69) is 12.4 Å². The van der Waals surface area contributed by atoms with Crippen LogP contribution in [-0.2, 0) is 4.84 Å². The van der Waals surface area contributed by atoms with Gasteiger partial charge in [-0.3, -0.25) is 4.84 Å². The quantitative estimate of drug-likeness (QED) is 0.447. The Morgan fingerprint density at radius 2 is 2.11 bits per heavy atom. The minimum Gasteiger partial charge on any atom is -0.299 e. The van der Waals surface area contributed by atoms with Crippen molar-refractivity contribution in [3.63, 3.8) is 0 Å². The van der Waals surface area contributed by atoms with E-state index in [1.807, 2.05) is 13.8 Å². The first-order valence-corrected chi connectivity index (χ1v) is 4.73. The third-order valence-corrected chi connectivity index (χ3v) is 2.17. The van der Waals surface area contributed by atoms with Gasteiger partial charge in [0.1, 0.15) is 0 Å². The monoisotopic (exact) mass is 147 g/mol. The minimum atomic E-state index is 0.299. The maximum atomic E-state index is 5.18. The third kappa shape index (κ3) is 6.02. The van der Waals surface area contributed by atoms with E-state index in [4.69, 9.17) is 4.84 Å². The zero-order valence-electron chi connectivity index (χ0n) is 6.77. The molecule has 0 saturated carbocycles. The van der Waals surface area contributed by atoms with Gasteiger partial charge in [0.15, 0.2) is 0 Å². The van der Waals surface area contributed by atoms with Crippen LogP contribution in [0.2, 0.25) is 0 Å². The summed E-state index contributed by atoms with van der Waals surface area (Å²) >= 11 is 0. The summed E-state index contributed by atoms with van der Waals surface area (Å²) in [7, 11) is 1.16. The fourth-order valence-corrected chi connectivity index (χ4v) is 0.472. The van der Waals surface area contributed by atoms with Crippen LogP contribution in [0.15, 0.2) is 0 Å². The van der Waals surface area contributed by atoms with E-state index in [-0.39, 0.29) is 0 Å². The van der Waals surface area contributed by atoms with Crippen molar-refractivity contribution in [1.29, 1.82) is 0 Å². The molecule has 0 aromatic carbocycles.